The average molecular weight is 534 g/mol. The summed E-state index contributed by atoms with van der Waals surface area (Å²) in [6.07, 6.45) is 5.42. The summed E-state index contributed by atoms with van der Waals surface area (Å²) >= 11 is 2.99. The summed E-state index contributed by atoms with van der Waals surface area (Å²) < 4.78 is 9.75. The molecule has 0 bridgehead atoms. The van der Waals surface area contributed by atoms with Gasteiger partial charge in [0.15, 0.2) is 10.9 Å². The molecule has 192 valence electrons. The number of nitrogens with zero attached hydrogens (tertiary/aromatic N) is 3. The topological polar surface area (TPSA) is 66.1 Å². The maximum Gasteiger partial charge on any atom is 0.267 e. The van der Waals surface area contributed by atoms with Crippen molar-refractivity contribution >= 4 is 39.1 Å². The number of thioether (sulfide) groups is 1. The fraction of sp³-hybridized carbons (Fsp3) is 0.414. The van der Waals surface area contributed by atoms with Gasteiger partial charge in [-0.3, -0.25) is 14.2 Å². The molecule has 0 radical (unpaired) electrons. The monoisotopic (exact) mass is 533 g/mol. The molecule has 1 atom stereocenters. The zero-order valence-electron chi connectivity index (χ0n) is 21.5. The molecule has 1 saturated heterocycles. The Bertz CT molecular complexity index is 1570. The molecule has 4 heterocycles. The molecule has 6 rings (SSSR count). The summed E-state index contributed by atoms with van der Waals surface area (Å²) in [7, 11) is 0. The van der Waals surface area contributed by atoms with Crippen molar-refractivity contribution in [3.8, 4) is 5.69 Å². The van der Waals surface area contributed by atoms with Crippen LogP contribution in [-0.2, 0) is 24.1 Å². The normalized spacial score (nSPS) is 17.1. The van der Waals surface area contributed by atoms with Crippen LogP contribution in [0.2, 0.25) is 0 Å². The van der Waals surface area contributed by atoms with Gasteiger partial charge in [-0.25, -0.2) is 4.98 Å². The Hall–Kier alpha value is -2.68. The van der Waals surface area contributed by atoms with E-state index in [9.17, 15) is 9.59 Å². The highest BCUT2D eigenvalue weighted by Crippen LogP contribution is 2.36. The number of hydrogen-bond donors (Lipinski definition) is 0. The SMILES string of the molecule is Cc1ccccc1-n1c(SCC(=O)c2cc(C)n(CC3CCCO3)c2C)nc2sc3c(c2c1=O)CCC3. The van der Waals surface area contributed by atoms with E-state index in [-0.39, 0.29) is 23.2 Å². The lowest BCUT2D eigenvalue weighted by atomic mass is 10.2. The largest absolute Gasteiger partial charge is 0.376 e. The van der Waals surface area contributed by atoms with Crippen LogP contribution >= 0.6 is 23.1 Å². The number of carbonyl (C=O) groups excluding carboxylic acids is 1. The van der Waals surface area contributed by atoms with Gasteiger partial charge in [0.1, 0.15) is 4.83 Å². The van der Waals surface area contributed by atoms with Gasteiger partial charge >= 0.3 is 0 Å². The number of aryl methyl sites for hydroxylation is 4. The zero-order chi connectivity index (χ0) is 25.7. The fourth-order valence-corrected chi connectivity index (χ4v) is 7.90. The van der Waals surface area contributed by atoms with E-state index in [1.54, 1.807) is 15.9 Å². The Balaban J connectivity index is 1.34. The molecule has 1 fully saturated rings. The molecule has 0 saturated carbocycles. The van der Waals surface area contributed by atoms with Crippen molar-refractivity contribution in [1.82, 2.24) is 14.1 Å². The van der Waals surface area contributed by atoms with Gasteiger partial charge < -0.3 is 9.30 Å². The Morgan fingerprint density at radius 3 is 2.81 bits per heavy atom. The summed E-state index contributed by atoms with van der Waals surface area (Å²) in [5, 5.41) is 1.34. The zero-order valence-corrected chi connectivity index (χ0v) is 23.1. The van der Waals surface area contributed by atoms with E-state index in [1.807, 2.05) is 51.1 Å². The molecule has 1 unspecified atom stereocenters. The van der Waals surface area contributed by atoms with Crippen LogP contribution in [0.3, 0.4) is 0 Å². The van der Waals surface area contributed by atoms with Crippen LogP contribution in [0.15, 0.2) is 40.3 Å². The third-order valence-electron chi connectivity index (χ3n) is 7.68. The Morgan fingerprint density at radius 1 is 1.19 bits per heavy atom. The van der Waals surface area contributed by atoms with E-state index in [2.05, 4.69) is 4.57 Å². The first-order valence-corrected chi connectivity index (χ1v) is 14.8. The summed E-state index contributed by atoms with van der Waals surface area (Å²) in [5.74, 6) is 0.273. The quantitative estimate of drug-likeness (QED) is 0.170. The molecule has 1 aliphatic carbocycles. The van der Waals surface area contributed by atoms with Crippen LogP contribution in [0.5, 0.6) is 0 Å². The van der Waals surface area contributed by atoms with Crippen LogP contribution < -0.4 is 5.56 Å². The highest BCUT2D eigenvalue weighted by Gasteiger charge is 2.26. The molecule has 1 aliphatic heterocycles. The minimum absolute atomic E-state index is 0.0246. The van der Waals surface area contributed by atoms with E-state index in [0.717, 1.165) is 83.7 Å². The van der Waals surface area contributed by atoms with Gasteiger partial charge in [-0.1, -0.05) is 30.0 Å². The molecular formula is C29H31N3O3S2. The van der Waals surface area contributed by atoms with Crippen molar-refractivity contribution in [1.29, 1.82) is 0 Å². The third kappa shape index (κ3) is 4.39. The van der Waals surface area contributed by atoms with Gasteiger partial charge in [-0.15, -0.1) is 11.3 Å². The summed E-state index contributed by atoms with van der Waals surface area (Å²) in [4.78, 5) is 34.4. The standard InChI is InChI=1S/C29H31N3O3S2/c1-17-8-4-5-11-23(17)32-28(34)26-21-10-6-12-25(21)37-27(26)30-29(32)36-16-24(33)22-14-18(2)31(19(22)3)15-20-9-7-13-35-20/h4-5,8,11,14,20H,6-7,9-10,12-13,15-16H2,1-3H3. The van der Waals surface area contributed by atoms with E-state index >= 15 is 0 Å². The Labute approximate surface area is 224 Å². The van der Waals surface area contributed by atoms with Crippen LogP contribution in [0.1, 0.15) is 57.0 Å². The first-order chi connectivity index (χ1) is 17.9. The number of hydrogen-bond acceptors (Lipinski definition) is 6. The number of aromatic nitrogens is 3. The molecule has 37 heavy (non-hydrogen) atoms. The fourth-order valence-electron chi connectivity index (χ4n) is 5.71. The number of Topliss-reactive ketones (excluding diaryl/α,β-unsaturated/α-hetero) is 1. The van der Waals surface area contributed by atoms with E-state index in [0.29, 0.717) is 5.16 Å². The van der Waals surface area contributed by atoms with Crippen molar-refractivity contribution in [2.75, 3.05) is 12.4 Å². The molecule has 0 amide bonds. The molecule has 1 aromatic carbocycles. The van der Waals surface area contributed by atoms with Crippen molar-refractivity contribution < 1.29 is 9.53 Å². The van der Waals surface area contributed by atoms with Crippen LogP contribution in [0.25, 0.3) is 15.9 Å². The first-order valence-electron chi connectivity index (χ1n) is 13.0. The maximum atomic E-state index is 13.9. The molecule has 8 heteroatoms. The number of thiophene rings is 1. The van der Waals surface area contributed by atoms with Gasteiger partial charge in [0.2, 0.25) is 0 Å². The van der Waals surface area contributed by atoms with Gasteiger partial charge in [0.25, 0.3) is 5.56 Å². The lowest BCUT2D eigenvalue weighted by Gasteiger charge is -2.15. The molecule has 0 spiro atoms. The summed E-state index contributed by atoms with van der Waals surface area (Å²) in [6.45, 7) is 7.67. The number of ketones is 1. The molecular weight excluding hydrogens is 502 g/mol. The highest BCUT2D eigenvalue weighted by atomic mass is 32.2. The maximum absolute atomic E-state index is 13.9. The van der Waals surface area contributed by atoms with E-state index in [1.165, 1.54) is 22.2 Å². The smallest absolute Gasteiger partial charge is 0.267 e. The van der Waals surface area contributed by atoms with Crippen molar-refractivity contribution in [2.45, 2.75) is 70.7 Å². The minimum Gasteiger partial charge on any atom is -0.376 e. The van der Waals surface area contributed by atoms with Crippen LogP contribution in [-0.4, -0.2) is 38.4 Å². The summed E-state index contributed by atoms with van der Waals surface area (Å²) in [5.41, 5.74) is 5.77. The number of ether oxygens (including phenoxy) is 1. The predicted molar refractivity (Wildman–Crippen MR) is 150 cm³/mol. The third-order valence-corrected chi connectivity index (χ3v) is 9.81. The molecule has 6 nitrogen and oxygen atoms in total. The Kier molecular flexibility index (Phi) is 6.59. The molecule has 0 N–H and O–H groups in total. The predicted octanol–water partition coefficient (Wildman–Crippen LogP) is 5.82. The number of benzene rings is 1. The van der Waals surface area contributed by atoms with E-state index in [4.69, 9.17) is 9.72 Å². The minimum atomic E-state index is -0.0246. The van der Waals surface area contributed by atoms with Gasteiger partial charge in [-0.2, -0.15) is 0 Å². The van der Waals surface area contributed by atoms with Crippen molar-refractivity contribution in [3.63, 3.8) is 0 Å². The second-order valence-corrected chi connectivity index (χ2v) is 12.1. The van der Waals surface area contributed by atoms with Crippen LogP contribution in [0.4, 0.5) is 0 Å². The average Bonchev–Trinajstić information content (AvgIpc) is 3.66. The van der Waals surface area contributed by atoms with Gasteiger partial charge in [-0.05, 0) is 76.1 Å². The molecule has 2 aliphatic rings. The van der Waals surface area contributed by atoms with Crippen molar-refractivity contribution in [3.05, 3.63) is 73.6 Å². The lowest BCUT2D eigenvalue weighted by molar-refractivity contribution is 0.0957. The number of para-hydroxylation sites is 1. The second-order valence-electron chi connectivity index (χ2n) is 10.1. The highest BCUT2D eigenvalue weighted by molar-refractivity contribution is 7.99. The number of rotatable bonds is 7. The second kappa shape index (κ2) is 9.89. The Morgan fingerprint density at radius 2 is 2.03 bits per heavy atom. The lowest BCUT2D eigenvalue weighted by Crippen LogP contribution is -2.23. The van der Waals surface area contributed by atoms with Crippen LogP contribution in [0, 0.1) is 20.8 Å². The number of fused-ring (bicyclic) bond motifs is 3. The van der Waals surface area contributed by atoms with Gasteiger partial charge in [0.05, 0.1) is 22.9 Å². The van der Waals surface area contributed by atoms with E-state index < -0.39 is 0 Å². The van der Waals surface area contributed by atoms with Crippen molar-refractivity contribution in [2.24, 2.45) is 0 Å². The number of carbonyl (C=O) groups is 1. The summed E-state index contributed by atoms with van der Waals surface area (Å²) in [6, 6.07) is 9.87. The van der Waals surface area contributed by atoms with Gasteiger partial charge in [0, 0.05) is 35.0 Å². The molecule has 3 aromatic heterocycles. The molecule has 4 aromatic rings. The first kappa shape index (κ1) is 24.6.